The molecule has 2 saturated heterocycles. The van der Waals surface area contributed by atoms with Gasteiger partial charge in [0.25, 0.3) is 5.91 Å². The Hall–Kier alpha value is -1.99. The summed E-state index contributed by atoms with van der Waals surface area (Å²) in [5, 5.41) is 0. The van der Waals surface area contributed by atoms with Crippen molar-refractivity contribution in [2.45, 2.75) is 38.8 Å². The molecule has 1 spiro atoms. The number of nitrogens with zero attached hydrogens (tertiary/aromatic N) is 4. The maximum Gasteiger partial charge on any atom is 0.327 e. The van der Waals surface area contributed by atoms with Crippen LogP contribution in [0.15, 0.2) is 24.5 Å². The van der Waals surface area contributed by atoms with Crippen LogP contribution in [0.2, 0.25) is 0 Å². The third-order valence-electron chi connectivity index (χ3n) is 5.53. The minimum atomic E-state index is -0.709. The molecule has 2 aliphatic heterocycles. The summed E-state index contributed by atoms with van der Waals surface area (Å²) < 4.78 is 5.20. The number of piperidine rings is 1. The Morgan fingerprint density at radius 2 is 1.85 bits per heavy atom. The number of likely N-dealkylation sites (tertiary alicyclic amines) is 1. The summed E-state index contributed by atoms with van der Waals surface area (Å²) in [5.74, 6) is 0.227. The van der Waals surface area contributed by atoms with Gasteiger partial charge in [-0.3, -0.25) is 19.6 Å². The lowest BCUT2D eigenvalue weighted by Gasteiger charge is -2.42. The summed E-state index contributed by atoms with van der Waals surface area (Å²) in [4.78, 5) is 35.9. The van der Waals surface area contributed by atoms with Gasteiger partial charge in [-0.1, -0.05) is 13.8 Å². The van der Waals surface area contributed by atoms with E-state index < -0.39 is 5.54 Å². The Bertz CT molecular complexity index is 656. The molecule has 0 aliphatic carbocycles. The molecule has 2 aliphatic rings. The summed E-state index contributed by atoms with van der Waals surface area (Å²) in [5.41, 5.74) is 0.506. The number of methoxy groups -OCH3 is 1. The molecule has 27 heavy (non-hydrogen) atoms. The van der Waals surface area contributed by atoms with Crippen molar-refractivity contribution in [3.05, 3.63) is 30.1 Å². The fourth-order valence-corrected chi connectivity index (χ4v) is 4.11. The van der Waals surface area contributed by atoms with Crippen molar-refractivity contribution in [2.75, 3.05) is 39.9 Å². The monoisotopic (exact) mass is 374 g/mol. The second-order valence-corrected chi connectivity index (χ2v) is 7.90. The number of urea groups is 1. The second kappa shape index (κ2) is 8.35. The molecule has 7 heteroatoms. The van der Waals surface area contributed by atoms with Gasteiger partial charge >= 0.3 is 6.03 Å². The Labute approximate surface area is 161 Å². The molecule has 3 amide bonds. The molecular weight excluding hydrogens is 344 g/mol. The average molecular weight is 374 g/mol. The molecule has 3 heterocycles. The normalized spacial score (nSPS) is 20.3. The van der Waals surface area contributed by atoms with Crippen molar-refractivity contribution >= 4 is 11.9 Å². The SMILES string of the molecule is COCCN1C(=O)N(CC(C)C)C(=O)C12CCN(Cc1ccncc1)CC2. The third kappa shape index (κ3) is 3.99. The van der Waals surface area contributed by atoms with Crippen LogP contribution in [0, 0.1) is 5.92 Å². The standard InChI is InChI=1S/C20H30N4O3/c1-16(2)14-23-18(25)20(24(19(23)26)12-13-27-3)6-10-22(11-7-20)15-17-4-8-21-9-5-17/h4-5,8-9,16H,6-7,10-15H2,1-3H3. The van der Waals surface area contributed by atoms with Crippen LogP contribution in [0.1, 0.15) is 32.3 Å². The molecule has 0 N–H and O–H groups in total. The minimum Gasteiger partial charge on any atom is -0.383 e. The highest BCUT2D eigenvalue weighted by molar-refractivity contribution is 6.07. The van der Waals surface area contributed by atoms with Crippen LogP contribution in [-0.4, -0.2) is 77.1 Å². The summed E-state index contributed by atoms with van der Waals surface area (Å²) >= 11 is 0. The van der Waals surface area contributed by atoms with Crippen LogP contribution in [0.25, 0.3) is 0 Å². The zero-order valence-corrected chi connectivity index (χ0v) is 16.6. The van der Waals surface area contributed by atoms with Crippen molar-refractivity contribution in [2.24, 2.45) is 5.92 Å². The van der Waals surface area contributed by atoms with E-state index in [1.54, 1.807) is 24.4 Å². The number of hydrogen-bond donors (Lipinski definition) is 0. The number of hydrogen-bond acceptors (Lipinski definition) is 5. The van der Waals surface area contributed by atoms with Gasteiger partial charge < -0.3 is 9.64 Å². The first-order valence-corrected chi connectivity index (χ1v) is 9.71. The molecule has 1 aromatic rings. The van der Waals surface area contributed by atoms with Crippen LogP contribution in [0.3, 0.4) is 0 Å². The molecule has 0 unspecified atom stereocenters. The molecule has 2 fully saturated rings. The van der Waals surface area contributed by atoms with E-state index in [9.17, 15) is 9.59 Å². The van der Waals surface area contributed by atoms with Crippen molar-refractivity contribution in [1.82, 2.24) is 19.7 Å². The highest BCUT2D eigenvalue weighted by Crippen LogP contribution is 2.37. The number of ether oxygens (including phenoxy) is 1. The van der Waals surface area contributed by atoms with Gasteiger partial charge in [0.05, 0.1) is 6.61 Å². The van der Waals surface area contributed by atoms with E-state index in [2.05, 4.69) is 9.88 Å². The molecule has 1 aromatic heterocycles. The van der Waals surface area contributed by atoms with E-state index in [1.807, 2.05) is 26.0 Å². The Morgan fingerprint density at radius 3 is 2.44 bits per heavy atom. The topological polar surface area (TPSA) is 66.0 Å². The maximum absolute atomic E-state index is 13.3. The van der Waals surface area contributed by atoms with Crippen molar-refractivity contribution in [1.29, 1.82) is 0 Å². The smallest absolute Gasteiger partial charge is 0.327 e. The van der Waals surface area contributed by atoms with Gasteiger partial charge in [0.2, 0.25) is 0 Å². The lowest BCUT2D eigenvalue weighted by Crippen LogP contribution is -2.57. The van der Waals surface area contributed by atoms with Crippen LogP contribution in [0.5, 0.6) is 0 Å². The molecule has 0 saturated carbocycles. The Kier molecular flexibility index (Phi) is 6.11. The number of pyridine rings is 1. The van der Waals surface area contributed by atoms with Gasteiger partial charge in [-0.2, -0.15) is 0 Å². The number of rotatable bonds is 7. The molecule has 7 nitrogen and oxygen atoms in total. The van der Waals surface area contributed by atoms with E-state index in [0.29, 0.717) is 32.5 Å². The highest BCUT2D eigenvalue weighted by Gasteiger charge is 2.57. The Morgan fingerprint density at radius 1 is 1.19 bits per heavy atom. The fraction of sp³-hybridized carbons (Fsp3) is 0.650. The maximum atomic E-state index is 13.3. The lowest BCUT2D eigenvalue weighted by molar-refractivity contribution is -0.136. The molecule has 148 valence electrons. The van der Waals surface area contributed by atoms with E-state index >= 15 is 0 Å². The molecule has 0 aromatic carbocycles. The van der Waals surface area contributed by atoms with Crippen LogP contribution in [0.4, 0.5) is 4.79 Å². The number of imide groups is 1. The fourth-order valence-electron chi connectivity index (χ4n) is 4.11. The first-order valence-electron chi connectivity index (χ1n) is 9.71. The van der Waals surface area contributed by atoms with E-state index in [-0.39, 0.29) is 17.9 Å². The molecular formula is C20H30N4O3. The minimum absolute atomic E-state index is 0.0270. The third-order valence-corrected chi connectivity index (χ3v) is 5.53. The Balaban J connectivity index is 1.73. The number of amides is 3. The summed E-state index contributed by atoms with van der Waals surface area (Å²) in [6, 6.07) is 3.88. The van der Waals surface area contributed by atoms with Crippen molar-refractivity contribution < 1.29 is 14.3 Å². The van der Waals surface area contributed by atoms with Gasteiger partial charge in [0, 0.05) is 52.2 Å². The van der Waals surface area contributed by atoms with Crippen LogP contribution < -0.4 is 0 Å². The zero-order chi connectivity index (χ0) is 19.4. The molecule has 0 atom stereocenters. The summed E-state index contributed by atoms with van der Waals surface area (Å²) in [6.45, 7) is 7.86. The first kappa shape index (κ1) is 19.8. The van der Waals surface area contributed by atoms with Gasteiger partial charge in [-0.25, -0.2) is 4.79 Å². The van der Waals surface area contributed by atoms with Crippen LogP contribution >= 0.6 is 0 Å². The largest absolute Gasteiger partial charge is 0.383 e. The van der Waals surface area contributed by atoms with Crippen molar-refractivity contribution in [3.63, 3.8) is 0 Å². The highest BCUT2D eigenvalue weighted by atomic mass is 16.5. The number of carbonyl (C=O) groups is 2. The van der Waals surface area contributed by atoms with Gasteiger partial charge in [0.15, 0.2) is 0 Å². The van der Waals surface area contributed by atoms with Gasteiger partial charge in [-0.15, -0.1) is 0 Å². The molecule has 3 rings (SSSR count). The van der Waals surface area contributed by atoms with Gasteiger partial charge in [-0.05, 0) is 36.5 Å². The predicted octanol–water partition coefficient (Wildman–Crippen LogP) is 1.98. The first-order chi connectivity index (χ1) is 13.0. The quantitative estimate of drug-likeness (QED) is 0.683. The van der Waals surface area contributed by atoms with Crippen molar-refractivity contribution in [3.8, 4) is 0 Å². The summed E-state index contributed by atoms with van der Waals surface area (Å²) in [7, 11) is 1.62. The van der Waals surface area contributed by atoms with Gasteiger partial charge in [0.1, 0.15) is 5.54 Å². The number of aromatic nitrogens is 1. The zero-order valence-electron chi connectivity index (χ0n) is 16.6. The van der Waals surface area contributed by atoms with E-state index in [4.69, 9.17) is 4.74 Å². The van der Waals surface area contributed by atoms with E-state index in [1.165, 1.54) is 10.5 Å². The lowest BCUT2D eigenvalue weighted by atomic mass is 9.85. The second-order valence-electron chi connectivity index (χ2n) is 7.90. The molecule has 0 bridgehead atoms. The summed E-state index contributed by atoms with van der Waals surface area (Å²) in [6.07, 6.45) is 4.94. The predicted molar refractivity (Wildman–Crippen MR) is 102 cm³/mol. The molecule has 0 radical (unpaired) electrons. The average Bonchev–Trinajstić information content (AvgIpc) is 2.84. The number of carbonyl (C=O) groups excluding carboxylic acids is 2. The van der Waals surface area contributed by atoms with Crippen LogP contribution in [-0.2, 0) is 16.1 Å². The van der Waals surface area contributed by atoms with E-state index in [0.717, 1.165) is 19.6 Å².